The van der Waals surface area contributed by atoms with Gasteiger partial charge in [-0.2, -0.15) is 0 Å². The minimum atomic E-state index is -0.255. The molecule has 2 N–H and O–H groups in total. The second-order valence-electron chi connectivity index (χ2n) is 4.66. The lowest BCUT2D eigenvalue weighted by molar-refractivity contribution is 0.102. The number of carbonyl (C=O) groups excluding carboxylic acids is 1. The molecule has 1 unspecified atom stereocenters. The molecule has 104 valence electrons. The Morgan fingerprint density at radius 2 is 2.35 bits per heavy atom. The van der Waals surface area contributed by atoms with Crippen LogP contribution in [0, 0.1) is 0 Å². The molecule has 0 bridgehead atoms. The molecular formula is C13H15N5OS. The molecule has 1 atom stereocenters. The Kier molecular flexibility index (Phi) is 3.98. The molecule has 1 saturated heterocycles. The Hall–Kier alpha value is -1.86. The lowest BCUT2D eigenvalue weighted by Gasteiger charge is -2.19. The van der Waals surface area contributed by atoms with Gasteiger partial charge in [0.05, 0.1) is 0 Å². The summed E-state index contributed by atoms with van der Waals surface area (Å²) >= 11 is 1.44. The fourth-order valence-corrected chi connectivity index (χ4v) is 3.04. The monoisotopic (exact) mass is 289 g/mol. The topological polar surface area (TPSA) is 79.8 Å². The number of nitrogens with one attached hydrogen (secondary N) is 2. The van der Waals surface area contributed by atoms with Gasteiger partial charge in [0, 0.05) is 18.7 Å². The molecule has 1 aliphatic heterocycles. The molecule has 3 rings (SSSR count). The fraction of sp³-hybridized carbons (Fsp3) is 0.385. The van der Waals surface area contributed by atoms with E-state index in [1.165, 1.54) is 11.3 Å². The first-order valence-electron chi connectivity index (χ1n) is 6.59. The van der Waals surface area contributed by atoms with Crippen LogP contribution in [-0.4, -0.2) is 34.2 Å². The van der Waals surface area contributed by atoms with Gasteiger partial charge in [-0.3, -0.25) is 15.1 Å². The first kappa shape index (κ1) is 13.1. The van der Waals surface area contributed by atoms with Gasteiger partial charge in [0.25, 0.3) is 5.91 Å². The summed E-state index contributed by atoms with van der Waals surface area (Å²) in [7, 11) is 0. The number of pyridine rings is 1. The number of piperidine rings is 1. The van der Waals surface area contributed by atoms with E-state index in [2.05, 4.69) is 25.8 Å². The number of carbonyl (C=O) groups is 1. The number of amides is 1. The van der Waals surface area contributed by atoms with E-state index in [0.717, 1.165) is 30.9 Å². The highest BCUT2D eigenvalue weighted by Crippen LogP contribution is 2.28. The zero-order chi connectivity index (χ0) is 13.8. The molecule has 1 amide bonds. The van der Waals surface area contributed by atoms with Gasteiger partial charge in [-0.05, 0) is 31.5 Å². The van der Waals surface area contributed by atoms with Crippen LogP contribution in [0.15, 0.2) is 24.4 Å². The average Bonchev–Trinajstić information content (AvgIpc) is 2.97. The first-order valence-corrected chi connectivity index (χ1v) is 7.41. The van der Waals surface area contributed by atoms with E-state index < -0.39 is 0 Å². The molecule has 1 aliphatic rings. The third-order valence-electron chi connectivity index (χ3n) is 3.20. The highest BCUT2D eigenvalue weighted by Gasteiger charge is 2.20. The van der Waals surface area contributed by atoms with Crippen molar-refractivity contribution < 1.29 is 4.79 Å². The van der Waals surface area contributed by atoms with Crippen molar-refractivity contribution in [3.05, 3.63) is 35.1 Å². The molecule has 2 aromatic rings. The molecule has 6 nitrogen and oxygen atoms in total. The molecule has 0 aliphatic carbocycles. The van der Waals surface area contributed by atoms with Crippen LogP contribution in [0.2, 0.25) is 0 Å². The zero-order valence-electron chi connectivity index (χ0n) is 10.9. The normalized spacial score (nSPS) is 18.7. The number of nitrogens with zero attached hydrogens (tertiary/aromatic N) is 3. The maximum atomic E-state index is 12.0. The minimum absolute atomic E-state index is 0.255. The van der Waals surface area contributed by atoms with Crippen LogP contribution in [0.3, 0.4) is 0 Å². The van der Waals surface area contributed by atoms with Crippen LogP contribution in [-0.2, 0) is 0 Å². The summed E-state index contributed by atoms with van der Waals surface area (Å²) in [6, 6.07) is 5.22. The van der Waals surface area contributed by atoms with Gasteiger partial charge < -0.3 is 5.32 Å². The van der Waals surface area contributed by atoms with Crippen molar-refractivity contribution in [1.82, 2.24) is 20.5 Å². The molecule has 1 fully saturated rings. The second kappa shape index (κ2) is 6.06. The molecule has 0 radical (unpaired) electrons. The minimum Gasteiger partial charge on any atom is -0.316 e. The summed E-state index contributed by atoms with van der Waals surface area (Å²) in [5.74, 6) is 0.150. The molecule has 7 heteroatoms. The summed E-state index contributed by atoms with van der Waals surface area (Å²) in [4.78, 5) is 16.0. The molecular weight excluding hydrogens is 274 g/mol. The van der Waals surface area contributed by atoms with Gasteiger partial charge in [-0.25, -0.2) is 0 Å². The van der Waals surface area contributed by atoms with Crippen LogP contribution in [0.25, 0.3) is 0 Å². The smallest absolute Gasteiger partial charge is 0.276 e. The predicted octanol–water partition coefficient (Wildman–Crippen LogP) is 1.65. The maximum Gasteiger partial charge on any atom is 0.276 e. The number of hydrogen-bond acceptors (Lipinski definition) is 6. The van der Waals surface area contributed by atoms with Crippen molar-refractivity contribution in [2.75, 3.05) is 18.4 Å². The molecule has 20 heavy (non-hydrogen) atoms. The van der Waals surface area contributed by atoms with Crippen LogP contribution < -0.4 is 10.6 Å². The predicted molar refractivity (Wildman–Crippen MR) is 76.9 cm³/mol. The van der Waals surface area contributed by atoms with Crippen molar-refractivity contribution in [2.45, 2.75) is 18.8 Å². The first-order chi connectivity index (χ1) is 9.83. The summed E-state index contributed by atoms with van der Waals surface area (Å²) < 4.78 is 0. The van der Waals surface area contributed by atoms with Gasteiger partial charge in [-0.1, -0.05) is 17.4 Å². The maximum absolute atomic E-state index is 12.0. The zero-order valence-corrected chi connectivity index (χ0v) is 11.7. The number of hydrogen-bond donors (Lipinski definition) is 2. The van der Waals surface area contributed by atoms with Crippen LogP contribution in [0.5, 0.6) is 0 Å². The molecule has 0 aromatic carbocycles. The van der Waals surface area contributed by atoms with Crippen molar-refractivity contribution in [1.29, 1.82) is 0 Å². The number of rotatable bonds is 3. The quantitative estimate of drug-likeness (QED) is 0.898. The third-order valence-corrected chi connectivity index (χ3v) is 4.21. The number of aromatic nitrogens is 3. The number of anilines is 1. The van der Waals surface area contributed by atoms with Crippen LogP contribution in [0.1, 0.15) is 34.3 Å². The lowest BCUT2D eigenvalue weighted by atomic mass is 10.0. The van der Waals surface area contributed by atoms with E-state index in [9.17, 15) is 4.79 Å². The standard InChI is InChI=1S/C13H15N5OS/c19-11(10-5-1-2-7-15-10)16-13-18-17-12(20-13)9-4-3-6-14-8-9/h1-2,5,7,9,14H,3-4,6,8H2,(H,16,18,19). The van der Waals surface area contributed by atoms with E-state index in [1.54, 1.807) is 24.4 Å². The Morgan fingerprint density at radius 3 is 3.10 bits per heavy atom. The van der Waals surface area contributed by atoms with Gasteiger partial charge in [0.15, 0.2) is 0 Å². The third kappa shape index (κ3) is 3.00. The second-order valence-corrected chi connectivity index (χ2v) is 5.67. The van der Waals surface area contributed by atoms with Crippen molar-refractivity contribution >= 4 is 22.4 Å². The van der Waals surface area contributed by atoms with Gasteiger partial charge in [-0.15, -0.1) is 10.2 Å². The molecule has 0 saturated carbocycles. The van der Waals surface area contributed by atoms with Crippen LogP contribution in [0.4, 0.5) is 5.13 Å². The fourth-order valence-electron chi connectivity index (χ4n) is 2.17. The summed E-state index contributed by atoms with van der Waals surface area (Å²) in [5, 5.41) is 15.8. The SMILES string of the molecule is O=C(Nc1nnc(C2CCCNC2)s1)c1ccccn1. The highest BCUT2D eigenvalue weighted by molar-refractivity contribution is 7.15. The van der Waals surface area contributed by atoms with E-state index in [-0.39, 0.29) is 5.91 Å². The summed E-state index contributed by atoms with van der Waals surface area (Å²) in [6.45, 7) is 2.00. The molecule has 3 heterocycles. The van der Waals surface area contributed by atoms with Crippen molar-refractivity contribution in [2.24, 2.45) is 0 Å². The van der Waals surface area contributed by atoms with Crippen LogP contribution >= 0.6 is 11.3 Å². The average molecular weight is 289 g/mol. The van der Waals surface area contributed by atoms with Crippen molar-refractivity contribution in [3.8, 4) is 0 Å². The van der Waals surface area contributed by atoms with Gasteiger partial charge in [0.2, 0.25) is 5.13 Å². The summed E-state index contributed by atoms with van der Waals surface area (Å²) in [6.07, 6.45) is 3.86. The lowest BCUT2D eigenvalue weighted by Crippen LogP contribution is -2.28. The van der Waals surface area contributed by atoms with Gasteiger partial charge >= 0.3 is 0 Å². The Balaban J connectivity index is 1.66. The summed E-state index contributed by atoms with van der Waals surface area (Å²) in [5.41, 5.74) is 0.378. The van der Waals surface area contributed by atoms with Gasteiger partial charge in [0.1, 0.15) is 10.7 Å². The van der Waals surface area contributed by atoms with E-state index in [1.807, 2.05) is 0 Å². The van der Waals surface area contributed by atoms with E-state index in [0.29, 0.717) is 16.7 Å². The van der Waals surface area contributed by atoms with E-state index >= 15 is 0 Å². The molecule has 0 spiro atoms. The van der Waals surface area contributed by atoms with E-state index in [4.69, 9.17) is 0 Å². The Morgan fingerprint density at radius 1 is 1.40 bits per heavy atom. The Labute approximate surface area is 120 Å². The largest absolute Gasteiger partial charge is 0.316 e. The highest BCUT2D eigenvalue weighted by atomic mass is 32.1. The Bertz CT molecular complexity index is 579. The molecule has 2 aromatic heterocycles. The van der Waals surface area contributed by atoms with Crippen molar-refractivity contribution in [3.63, 3.8) is 0 Å².